The summed E-state index contributed by atoms with van der Waals surface area (Å²) in [6.07, 6.45) is -1.82. The zero-order valence-corrected chi connectivity index (χ0v) is 18.3. The van der Waals surface area contributed by atoms with Crippen LogP contribution in [0.5, 0.6) is 0 Å². The average molecular weight is 480 g/mol. The third kappa shape index (κ3) is 6.20. The van der Waals surface area contributed by atoms with E-state index < -0.39 is 34.0 Å². The summed E-state index contributed by atoms with van der Waals surface area (Å²) in [7, 11) is 0. The SMILES string of the molecule is O=C(Cc1ccc2ccccc2c1)OC(CC(=O)c1cccc(C(=O)O)c1)C(Cl)(Cl)Cl. The van der Waals surface area contributed by atoms with Crippen LogP contribution in [-0.2, 0) is 16.0 Å². The lowest BCUT2D eigenvalue weighted by Gasteiger charge is -2.24. The molecule has 3 rings (SSSR count). The number of carboxylic acid groups (broad SMARTS) is 1. The van der Waals surface area contributed by atoms with E-state index in [-0.39, 0.29) is 17.5 Å². The van der Waals surface area contributed by atoms with E-state index in [1.807, 2.05) is 36.4 Å². The molecule has 1 N–H and O–H groups in total. The summed E-state index contributed by atoms with van der Waals surface area (Å²) < 4.78 is 3.29. The third-order valence-electron chi connectivity index (χ3n) is 4.60. The highest BCUT2D eigenvalue weighted by Gasteiger charge is 2.37. The van der Waals surface area contributed by atoms with E-state index in [1.54, 1.807) is 6.07 Å². The van der Waals surface area contributed by atoms with E-state index in [0.29, 0.717) is 5.56 Å². The quantitative estimate of drug-likeness (QED) is 0.270. The number of carbonyl (C=O) groups excluding carboxylic acids is 2. The van der Waals surface area contributed by atoms with Crippen LogP contribution in [0.2, 0.25) is 0 Å². The maximum Gasteiger partial charge on any atom is 0.335 e. The maximum atomic E-state index is 12.6. The number of carboxylic acids is 1. The standard InChI is InChI=1S/C23H17Cl3O5/c24-23(25,26)20(13-19(27)17-6-3-7-18(12-17)22(29)30)31-21(28)11-14-8-9-15-4-1-2-5-16(15)10-14/h1-10,12,20H,11,13H2,(H,29,30). The number of carbonyl (C=O) groups is 3. The highest BCUT2D eigenvalue weighted by molar-refractivity contribution is 6.68. The largest absolute Gasteiger partial charge is 0.478 e. The number of alkyl halides is 3. The van der Waals surface area contributed by atoms with Gasteiger partial charge in [0.2, 0.25) is 3.79 Å². The number of ether oxygens (including phenoxy) is 1. The van der Waals surface area contributed by atoms with E-state index in [1.165, 1.54) is 24.3 Å². The molecule has 3 aromatic carbocycles. The van der Waals surface area contributed by atoms with Crippen molar-refractivity contribution in [2.75, 3.05) is 0 Å². The Morgan fingerprint density at radius 3 is 2.23 bits per heavy atom. The fourth-order valence-corrected chi connectivity index (χ4v) is 3.42. The Labute approximate surface area is 193 Å². The molecule has 0 bridgehead atoms. The Kier molecular flexibility index (Phi) is 7.21. The predicted molar refractivity (Wildman–Crippen MR) is 120 cm³/mol. The van der Waals surface area contributed by atoms with Crippen molar-refractivity contribution in [3.8, 4) is 0 Å². The number of rotatable bonds is 7. The lowest BCUT2D eigenvalue weighted by atomic mass is 10.0. The van der Waals surface area contributed by atoms with Crippen LogP contribution in [0.25, 0.3) is 10.8 Å². The lowest BCUT2D eigenvalue weighted by molar-refractivity contribution is -0.147. The average Bonchev–Trinajstić information content (AvgIpc) is 2.72. The Hall–Kier alpha value is -2.60. The van der Waals surface area contributed by atoms with Gasteiger partial charge in [0.1, 0.15) is 0 Å². The number of aromatic carboxylic acids is 1. The van der Waals surface area contributed by atoms with Gasteiger partial charge in [0, 0.05) is 5.56 Å². The van der Waals surface area contributed by atoms with Crippen LogP contribution >= 0.6 is 34.8 Å². The van der Waals surface area contributed by atoms with Crippen LogP contribution in [-0.4, -0.2) is 32.7 Å². The van der Waals surface area contributed by atoms with Crippen molar-refractivity contribution >= 4 is 63.3 Å². The molecule has 0 heterocycles. The monoisotopic (exact) mass is 478 g/mol. The Balaban J connectivity index is 1.71. The first kappa shape index (κ1) is 23.1. The fourth-order valence-electron chi connectivity index (χ4n) is 3.05. The topological polar surface area (TPSA) is 80.7 Å². The van der Waals surface area contributed by atoms with Crippen molar-refractivity contribution in [3.63, 3.8) is 0 Å². The van der Waals surface area contributed by atoms with Crippen molar-refractivity contribution in [2.45, 2.75) is 22.7 Å². The zero-order chi connectivity index (χ0) is 22.6. The van der Waals surface area contributed by atoms with E-state index in [4.69, 9.17) is 44.6 Å². The minimum atomic E-state index is -2.04. The molecule has 8 heteroatoms. The first-order valence-corrected chi connectivity index (χ1v) is 10.4. The molecular weight excluding hydrogens is 463 g/mol. The van der Waals surface area contributed by atoms with Gasteiger partial charge >= 0.3 is 11.9 Å². The molecule has 0 saturated heterocycles. The minimum absolute atomic E-state index is 0.0513. The summed E-state index contributed by atoms with van der Waals surface area (Å²) in [5.74, 6) is -2.34. The smallest absolute Gasteiger partial charge is 0.335 e. The molecule has 0 spiro atoms. The van der Waals surface area contributed by atoms with Crippen molar-refractivity contribution in [3.05, 3.63) is 83.4 Å². The van der Waals surface area contributed by atoms with Gasteiger partial charge in [0.25, 0.3) is 0 Å². The predicted octanol–water partition coefficient (Wildman–Crippen LogP) is 5.64. The van der Waals surface area contributed by atoms with E-state index in [0.717, 1.165) is 10.8 Å². The van der Waals surface area contributed by atoms with Crippen LogP contribution in [0.4, 0.5) is 0 Å². The molecule has 0 aliphatic heterocycles. The Morgan fingerprint density at radius 2 is 1.55 bits per heavy atom. The molecule has 160 valence electrons. The van der Waals surface area contributed by atoms with Gasteiger partial charge in [-0.1, -0.05) is 89.4 Å². The number of hydrogen-bond donors (Lipinski definition) is 1. The number of benzene rings is 3. The van der Waals surface area contributed by atoms with Gasteiger partial charge in [-0.15, -0.1) is 0 Å². The van der Waals surface area contributed by atoms with Gasteiger partial charge in [0.15, 0.2) is 11.9 Å². The molecule has 0 radical (unpaired) electrons. The van der Waals surface area contributed by atoms with Gasteiger partial charge in [-0.2, -0.15) is 0 Å². The molecule has 1 unspecified atom stereocenters. The van der Waals surface area contributed by atoms with E-state index in [9.17, 15) is 14.4 Å². The Bertz CT molecular complexity index is 1140. The maximum absolute atomic E-state index is 12.6. The van der Waals surface area contributed by atoms with E-state index >= 15 is 0 Å². The molecule has 5 nitrogen and oxygen atoms in total. The van der Waals surface area contributed by atoms with Crippen LogP contribution in [0.3, 0.4) is 0 Å². The first-order valence-electron chi connectivity index (χ1n) is 9.24. The molecular formula is C23H17Cl3O5. The molecule has 1 atom stereocenters. The van der Waals surface area contributed by atoms with Crippen molar-refractivity contribution < 1.29 is 24.2 Å². The van der Waals surface area contributed by atoms with Crippen LogP contribution in [0.1, 0.15) is 32.7 Å². The molecule has 31 heavy (non-hydrogen) atoms. The minimum Gasteiger partial charge on any atom is -0.478 e. The second-order valence-electron chi connectivity index (χ2n) is 6.89. The summed E-state index contributed by atoms with van der Waals surface area (Å²) in [5.41, 5.74) is 0.779. The normalized spacial score (nSPS) is 12.4. The van der Waals surface area contributed by atoms with Crippen molar-refractivity contribution in [1.82, 2.24) is 0 Å². The van der Waals surface area contributed by atoms with Gasteiger partial charge in [-0.05, 0) is 28.5 Å². The van der Waals surface area contributed by atoms with Gasteiger partial charge in [0.05, 0.1) is 18.4 Å². The lowest BCUT2D eigenvalue weighted by Crippen LogP contribution is -2.34. The number of esters is 1. The summed E-state index contributed by atoms with van der Waals surface area (Å²) in [6, 6.07) is 18.7. The summed E-state index contributed by atoms with van der Waals surface area (Å²) >= 11 is 17.8. The van der Waals surface area contributed by atoms with Crippen molar-refractivity contribution in [1.29, 1.82) is 0 Å². The van der Waals surface area contributed by atoms with Crippen LogP contribution in [0, 0.1) is 0 Å². The zero-order valence-electron chi connectivity index (χ0n) is 16.1. The molecule has 0 amide bonds. The molecule has 0 fully saturated rings. The number of hydrogen-bond acceptors (Lipinski definition) is 4. The number of Topliss-reactive ketones (excluding diaryl/α,β-unsaturated/α-hetero) is 1. The Morgan fingerprint density at radius 1 is 0.871 bits per heavy atom. The molecule has 0 saturated carbocycles. The molecule has 0 aliphatic rings. The summed E-state index contributed by atoms with van der Waals surface area (Å²) in [6.45, 7) is 0. The molecule has 3 aromatic rings. The first-order chi connectivity index (χ1) is 14.6. The molecule has 0 aliphatic carbocycles. The van der Waals surface area contributed by atoms with Crippen LogP contribution < -0.4 is 0 Å². The molecule has 0 aromatic heterocycles. The third-order valence-corrected chi connectivity index (χ3v) is 5.33. The fraction of sp³-hybridized carbons (Fsp3) is 0.174. The van der Waals surface area contributed by atoms with E-state index in [2.05, 4.69) is 0 Å². The summed E-state index contributed by atoms with van der Waals surface area (Å²) in [4.78, 5) is 36.2. The van der Waals surface area contributed by atoms with Gasteiger partial charge in [-0.25, -0.2) is 4.79 Å². The number of fused-ring (bicyclic) bond motifs is 1. The number of ketones is 1. The highest BCUT2D eigenvalue weighted by Crippen LogP contribution is 2.35. The highest BCUT2D eigenvalue weighted by atomic mass is 35.6. The number of halogens is 3. The second kappa shape index (κ2) is 9.69. The second-order valence-corrected chi connectivity index (χ2v) is 9.26. The van der Waals surface area contributed by atoms with Crippen molar-refractivity contribution in [2.24, 2.45) is 0 Å². The summed E-state index contributed by atoms with van der Waals surface area (Å²) in [5, 5.41) is 11.1. The van der Waals surface area contributed by atoms with Gasteiger partial charge < -0.3 is 9.84 Å². The van der Waals surface area contributed by atoms with Crippen LogP contribution in [0.15, 0.2) is 66.7 Å². The van der Waals surface area contributed by atoms with Gasteiger partial charge in [-0.3, -0.25) is 9.59 Å².